The highest BCUT2D eigenvalue weighted by molar-refractivity contribution is 6.00. The Balaban J connectivity index is 2.74. The Morgan fingerprint density at radius 1 is 1.54 bits per heavy atom. The van der Waals surface area contributed by atoms with Gasteiger partial charge in [-0.25, -0.2) is 0 Å². The van der Waals surface area contributed by atoms with Crippen LogP contribution in [0.5, 0.6) is 0 Å². The SMILES string of the molecule is CC(C)(C)O[C@@H]1C=CC(=O)[C@@]1(C)O. The summed E-state index contributed by atoms with van der Waals surface area (Å²) in [5, 5.41) is 9.75. The lowest BCUT2D eigenvalue weighted by atomic mass is 10.00. The highest BCUT2D eigenvalue weighted by Gasteiger charge is 2.43. The van der Waals surface area contributed by atoms with Gasteiger partial charge in [-0.1, -0.05) is 0 Å². The molecular weight excluding hydrogens is 168 g/mol. The van der Waals surface area contributed by atoms with Gasteiger partial charge in [0.05, 0.1) is 5.60 Å². The van der Waals surface area contributed by atoms with Gasteiger partial charge in [-0.15, -0.1) is 0 Å². The van der Waals surface area contributed by atoms with Gasteiger partial charge in [0.1, 0.15) is 6.10 Å². The first-order chi connectivity index (χ1) is 5.73. The fourth-order valence-electron chi connectivity index (χ4n) is 1.21. The molecule has 0 aliphatic heterocycles. The molecule has 2 atom stereocenters. The van der Waals surface area contributed by atoms with Crippen LogP contribution in [0.1, 0.15) is 27.7 Å². The summed E-state index contributed by atoms with van der Waals surface area (Å²) in [6.07, 6.45) is 2.45. The van der Waals surface area contributed by atoms with Crippen LogP contribution < -0.4 is 0 Å². The van der Waals surface area contributed by atoms with Gasteiger partial charge in [0.25, 0.3) is 0 Å². The van der Waals surface area contributed by atoms with Gasteiger partial charge in [-0.2, -0.15) is 0 Å². The summed E-state index contributed by atoms with van der Waals surface area (Å²) < 4.78 is 5.53. The summed E-state index contributed by atoms with van der Waals surface area (Å²) in [7, 11) is 0. The summed E-state index contributed by atoms with van der Waals surface area (Å²) in [4.78, 5) is 11.2. The van der Waals surface area contributed by atoms with Gasteiger partial charge in [0.15, 0.2) is 11.4 Å². The number of rotatable bonds is 1. The van der Waals surface area contributed by atoms with Crippen molar-refractivity contribution < 1.29 is 14.6 Å². The van der Waals surface area contributed by atoms with Gasteiger partial charge in [-0.05, 0) is 39.8 Å². The second-order valence-electron chi connectivity index (χ2n) is 4.52. The summed E-state index contributed by atoms with van der Waals surface area (Å²) >= 11 is 0. The van der Waals surface area contributed by atoms with Gasteiger partial charge in [-0.3, -0.25) is 4.79 Å². The molecule has 0 radical (unpaired) electrons. The van der Waals surface area contributed by atoms with Crippen molar-refractivity contribution in [2.75, 3.05) is 0 Å². The van der Waals surface area contributed by atoms with Gasteiger partial charge in [0.2, 0.25) is 0 Å². The average Bonchev–Trinajstić information content (AvgIpc) is 2.13. The van der Waals surface area contributed by atoms with Crippen molar-refractivity contribution in [3.63, 3.8) is 0 Å². The molecule has 0 saturated heterocycles. The highest BCUT2D eigenvalue weighted by atomic mass is 16.5. The molecule has 0 heterocycles. The van der Waals surface area contributed by atoms with Crippen molar-refractivity contribution in [1.29, 1.82) is 0 Å². The van der Waals surface area contributed by atoms with Gasteiger partial charge < -0.3 is 9.84 Å². The quantitative estimate of drug-likeness (QED) is 0.662. The van der Waals surface area contributed by atoms with Crippen molar-refractivity contribution in [3.8, 4) is 0 Å². The number of carbonyl (C=O) groups is 1. The lowest BCUT2D eigenvalue weighted by molar-refractivity contribution is -0.151. The molecule has 0 bridgehead atoms. The first kappa shape index (κ1) is 10.4. The predicted molar refractivity (Wildman–Crippen MR) is 49.4 cm³/mol. The Kier molecular flexibility index (Phi) is 2.34. The van der Waals surface area contributed by atoms with E-state index in [1.165, 1.54) is 13.0 Å². The fraction of sp³-hybridized carbons (Fsp3) is 0.700. The van der Waals surface area contributed by atoms with Crippen LogP contribution in [0.15, 0.2) is 12.2 Å². The molecule has 0 aromatic rings. The van der Waals surface area contributed by atoms with E-state index in [1.54, 1.807) is 6.08 Å². The van der Waals surface area contributed by atoms with Gasteiger partial charge in [0, 0.05) is 0 Å². The molecule has 1 N–H and O–H groups in total. The Hall–Kier alpha value is -0.670. The first-order valence-electron chi connectivity index (χ1n) is 4.36. The Morgan fingerprint density at radius 3 is 2.38 bits per heavy atom. The Bertz CT molecular complexity index is 245. The second kappa shape index (κ2) is 2.93. The molecule has 0 spiro atoms. The minimum atomic E-state index is -1.40. The molecule has 1 aliphatic rings. The minimum Gasteiger partial charge on any atom is -0.379 e. The molecule has 1 aliphatic carbocycles. The third-order valence-corrected chi connectivity index (χ3v) is 1.96. The molecule has 3 nitrogen and oxygen atoms in total. The monoisotopic (exact) mass is 184 g/mol. The molecule has 3 heteroatoms. The maximum atomic E-state index is 11.2. The maximum Gasteiger partial charge on any atom is 0.189 e. The molecule has 0 saturated carbocycles. The maximum absolute atomic E-state index is 11.2. The third-order valence-electron chi connectivity index (χ3n) is 1.96. The van der Waals surface area contributed by atoms with Crippen LogP contribution >= 0.6 is 0 Å². The van der Waals surface area contributed by atoms with Crippen LogP contribution in [0.2, 0.25) is 0 Å². The largest absolute Gasteiger partial charge is 0.379 e. The molecule has 0 unspecified atom stereocenters. The van der Waals surface area contributed by atoms with E-state index in [9.17, 15) is 9.90 Å². The third kappa shape index (κ3) is 2.17. The summed E-state index contributed by atoms with van der Waals surface area (Å²) in [6.45, 7) is 7.14. The number of aliphatic hydroxyl groups is 1. The molecule has 1 rings (SSSR count). The zero-order valence-corrected chi connectivity index (χ0v) is 8.50. The van der Waals surface area contributed by atoms with Crippen LogP contribution in [0, 0.1) is 0 Å². The zero-order valence-electron chi connectivity index (χ0n) is 8.50. The minimum absolute atomic E-state index is 0.290. The van der Waals surface area contributed by atoms with Crippen molar-refractivity contribution >= 4 is 5.78 Å². The Labute approximate surface area is 78.4 Å². The first-order valence-corrected chi connectivity index (χ1v) is 4.36. The van der Waals surface area contributed by atoms with Crippen LogP contribution in [0.4, 0.5) is 0 Å². The molecular formula is C10H16O3. The van der Waals surface area contributed by atoms with Gasteiger partial charge >= 0.3 is 0 Å². The lowest BCUT2D eigenvalue weighted by Gasteiger charge is -2.30. The van der Waals surface area contributed by atoms with Crippen LogP contribution in [-0.4, -0.2) is 28.2 Å². The van der Waals surface area contributed by atoms with E-state index in [0.29, 0.717) is 0 Å². The second-order valence-corrected chi connectivity index (χ2v) is 4.52. The fourth-order valence-corrected chi connectivity index (χ4v) is 1.21. The van der Waals surface area contributed by atoms with Crippen LogP contribution in [-0.2, 0) is 9.53 Å². The molecule has 0 amide bonds. The van der Waals surface area contributed by atoms with E-state index in [4.69, 9.17) is 4.74 Å². The zero-order chi connectivity index (χ0) is 10.3. The van der Waals surface area contributed by atoms with Crippen LogP contribution in [0.25, 0.3) is 0 Å². The van der Waals surface area contributed by atoms with Crippen molar-refractivity contribution in [1.82, 2.24) is 0 Å². The summed E-state index contributed by atoms with van der Waals surface area (Å²) in [5.41, 5.74) is -1.75. The predicted octanol–water partition coefficient (Wildman–Crippen LogP) is 1.06. The number of carbonyl (C=O) groups excluding carboxylic acids is 1. The molecule has 0 aromatic heterocycles. The van der Waals surface area contributed by atoms with E-state index in [0.717, 1.165) is 0 Å². The van der Waals surface area contributed by atoms with Crippen molar-refractivity contribution in [2.45, 2.75) is 45.0 Å². The van der Waals surface area contributed by atoms with Crippen molar-refractivity contribution in [3.05, 3.63) is 12.2 Å². The van der Waals surface area contributed by atoms with E-state index in [-0.39, 0.29) is 11.4 Å². The number of ketones is 1. The van der Waals surface area contributed by atoms with Crippen LogP contribution in [0.3, 0.4) is 0 Å². The average molecular weight is 184 g/mol. The number of ether oxygens (including phenoxy) is 1. The van der Waals surface area contributed by atoms with E-state index >= 15 is 0 Å². The normalized spacial score (nSPS) is 34.2. The molecule has 13 heavy (non-hydrogen) atoms. The smallest absolute Gasteiger partial charge is 0.189 e. The van der Waals surface area contributed by atoms with E-state index in [1.807, 2.05) is 20.8 Å². The standard InChI is InChI=1S/C10H16O3/c1-9(2,3)13-8-6-5-7(11)10(8,4)12/h5-6,8,12H,1-4H3/t8-,10-/m1/s1. The molecule has 0 aromatic carbocycles. The number of hydrogen-bond donors (Lipinski definition) is 1. The molecule has 74 valence electrons. The summed E-state index contributed by atoms with van der Waals surface area (Å²) in [6, 6.07) is 0. The van der Waals surface area contributed by atoms with E-state index in [2.05, 4.69) is 0 Å². The topological polar surface area (TPSA) is 46.5 Å². The lowest BCUT2D eigenvalue weighted by Crippen LogP contribution is -2.45. The van der Waals surface area contributed by atoms with Crippen molar-refractivity contribution in [2.24, 2.45) is 0 Å². The van der Waals surface area contributed by atoms with E-state index < -0.39 is 11.7 Å². The summed E-state index contributed by atoms with van der Waals surface area (Å²) in [5.74, 6) is -0.290. The number of hydrogen-bond acceptors (Lipinski definition) is 3. The highest BCUT2D eigenvalue weighted by Crippen LogP contribution is 2.26. The Morgan fingerprint density at radius 2 is 2.08 bits per heavy atom. The molecule has 0 fully saturated rings.